The fourth-order valence-electron chi connectivity index (χ4n) is 1.96. The van der Waals surface area contributed by atoms with Gasteiger partial charge in [-0.3, -0.25) is 0 Å². The third kappa shape index (κ3) is 4.38. The molecular formula is C14H21NO4. The van der Waals surface area contributed by atoms with Gasteiger partial charge in [0.2, 0.25) is 0 Å². The standard InChI is InChI=1S/C14H21NO4/c1-16-12-6-11(7-13(8-12)17-2)9-15-10-14-18-4-3-5-19-14/h6-8,14-15H,3-5,9-10H2,1-2H3. The Morgan fingerprint density at radius 2 is 1.74 bits per heavy atom. The van der Waals surface area contributed by atoms with Gasteiger partial charge in [-0.05, 0) is 24.1 Å². The molecule has 0 bridgehead atoms. The molecule has 1 aromatic carbocycles. The summed E-state index contributed by atoms with van der Waals surface area (Å²) < 4.78 is 21.4. The zero-order valence-electron chi connectivity index (χ0n) is 11.5. The van der Waals surface area contributed by atoms with Gasteiger partial charge in [0, 0.05) is 19.2 Å². The first kappa shape index (κ1) is 14.1. The fourth-order valence-corrected chi connectivity index (χ4v) is 1.96. The number of ether oxygens (including phenoxy) is 4. The highest BCUT2D eigenvalue weighted by Gasteiger charge is 2.13. The molecule has 0 amide bonds. The van der Waals surface area contributed by atoms with Gasteiger partial charge in [-0.2, -0.15) is 0 Å². The highest BCUT2D eigenvalue weighted by atomic mass is 16.7. The van der Waals surface area contributed by atoms with E-state index in [9.17, 15) is 0 Å². The van der Waals surface area contributed by atoms with E-state index in [2.05, 4.69) is 5.32 Å². The summed E-state index contributed by atoms with van der Waals surface area (Å²) in [7, 11) is 3.30. The Morgan fingerprint density at radius 3 is 2.32 bits per heavy atom. The summed E-state index contributed by atoms with van der Waals surface area (Å²) in [6.45, 7) is 2.95. The molecule has 0 aromatic heterocycles. The van der Waals surface area contributed by atoms with Crippen molar-refractivity contribution >= 4 is 0 Å². The van der Waals surface area contributed by atoms with Crippen molar-refractivity contribution in [2.24, 2.45) is 0 Å². The van der Waals surface area contributed by atoms with Crippen molar-refractivity contribution in [2.75, 3.05) is 34.0 Å². The molecule has 1 fully saturated rings. The molecule has 0 spiro atoms. The van der Waals surface area contributed by atoms with Crippen LogP contribution < -0.4 is 14.8 Å². The molecule has 0 radical (unpaired) electrons. The molecular weight excluding hydrogens is 246 g/mol. The SMILES string of the molecule is COc1cc(CNCC2OCCCO2)cc(OC)c1. The van der Waals surface area contributed by atoms with Gasteiger partial charge >= 0.3 is 0 Å². The zero-order chi connectivity index (χ0) is 13.5. The van der Waals surface area contributed by atoms with E-state index >= 15 is 0 Å². The predicted octanol–water partition coefficient (Wildman–Crippen LogP) is 1.56. The Bertz CT molecular complexity index is 369. The van der Waals surface area contributed by atoms with Gasteiger partial charge in [0.15, 0.2) is 6.29 Å². The lowest BCUT2D eigenvalue weighted by Crippen LogP contribution is -2.34. The average molecular weight is 267 g/mol. The molecule has 1 N–H and O–H groups in total. The second-order valence-corrected chi connectivity index (χ2v) is 4.38. The van der Waals surface area contributed by atoms with Crippen LogP contribution in [0.2, 0.25) is 0 Å². The summed E-state index contributed by atoms with van der Waals surface area (Å²) in [6, 6.07) is 5.83. The first-order valence-electron chi connectivity index (χ1n) is 6.47. The number of hydrogen-bond donors (Lipinski definition) is 1. The molecule has 5 heteroatoms. The summed E-state index contributed by atoms with van der Waals surface area (Å²) in [6.07, 6.45) is 0.838. The van der Waals surface area contributed by atoms with Crippen molar-refractivity contribution in [3.63, 3.8) is 0 Å². The van der Waals surface area contributed by atoms with Crippen molar-refractivity contribution in [1.82, 2.24) is 5.32 Å². The lowest BCUT2D eigenvalue weighted by molar-refractivity contribution is -0.175. The van der Waals surface area contributed by atoms with E-state index < -0.39 is 0 Å². The van der Waals surface area contributed by atoms with Crippen molar-refractivity contribution in [3.05, 3.63) is 23.8 Å². The van der Waals surface area contributed by atoms with Gasteiger partial charge in [-0.25, -0.2) is 0 Å². The number of benzene rings is 1. The highest BCUT2D eigenvalue weighted by Crippen LogP contribution is 2.22. The maximum atomic E-state index is 5.47. The Balaban J connectivity index is 1.84. The van der Waals surface area contributed by atoms with E-state index in [0.717, 1.165) is 43.2 Å². The second kappa shape index (κ2) is 7.33. The molecule has 0 unspecified atom stereocenters. The van der Waals surface area contributed by atoms with Crippen LogP contribution in [-0.4, -0.2) is 40.3 Å². The normalized spacial score (nSPS) is 16.3. The topological polar surface area (TPSA) is 49.0 Å². The second-order valence-electron chi connectivity index (χ2n) is 4.38. The van der Waals surface area contributed by atoms with Crippen LogP contribution in [0.25, 0.3) is 0 Å². The third-order valence-electron chi connectivity index (χ3n) is 2.95. The molecule has 1 aliphatic heterocycles. The molecule has 5 nitrogen and oxygen atoms in total. The first-order chi connectivity index (χ1) is 9.31. The van der Waals surface area contributed by atoms with E-state index in [-0.39, 0.29) is 6.29 Å². The summed E-state index contributed by atoms with van der Waals surface area (Å²) in [5.41, 5.74) is 1.10. The molecule has 1 aliphatic rings. The quantitative estimate of drug-likeness (QED) is 0.847. The van der Waals surface area contributed by atoms with Crippen LogP contribution in [0.5, 0.6) is 11.5 Å². The van der Waals surface area contributed by atoms with Crippen LogP contribution in [0.4, 0.5) is 0 Å². The minimum atomic E-state index is -0.138. The molecule has 106 valence electrons. The lowest BCUT2D eigenvalue weighted by atomic mass is 10.2. The molecule has 0 aliphatic carbocycles. The Kier molecular flexibility index (Phi) is 5.44. The van der Waals surface area contributed by atoms with E-state index in [1.807, 2.05) is 18.2 Å². The maximum Gasteiger partial charge on any atom is 0.169 e. The predicted molar refractivity (Wildman–Crippen MR) is 71.6 cm³/mol. The van der Waals surface area contributed by atoms with Crippen LogP contribution >= 0.6 is 0 Å². The third-order valence-corrected chi connectivity index (χ3v) is 2.95. The van der Waals surface area contributed by atoms with E-state index in [1.165, 1.54) is 0 Å². The molecule has 1 aromatic rings. The fraction of sp³-hybridized carbons (Fsp3) is 0.571. The van der Waals surface area contributed by atoms with Gasteiger partial charge in [-0.15, -0.1) is 0 Å². The van der Waals surface area contributed by atoms with Crippen LogP contribution in [0.1, 0.15) is 12.0 Å². The molecule has 2 rings (SSSR count). The summed E-state index contributed by atoms with van der Waals surface area (Å²) in [5, 5.41) is 3.31. The molecule has 19 heavy (non-hydrogen) atoms. The zero-order valence-corrected chi connectivity index (χ0v) is 11.5. The average Bonchev–Trinajstić information content (AvgIpc) is 2.48. The van der Waals surface area contributed by atoms with E-state index in [0.29, 0.717) is 6.54 Å². The van der Waals surface area contributed by atoms with E-state index in [4.69, 9.17) is 18.9 Å². The molecule has 0 saturated carbocycles. The summed E-state index contributed by atoms with van der Waals surface area (Å²) in [4.78, 5) is 0. The van der Waals surface area contributed by atoms with Crippen LogP contribution in [0.15, 0.2) is 18.2 Å². The summed E-state index contributed by atoms with van der Waals surface area (Å²) in [5.74, 6) is 1.59. The maximum absolute atomic E-state index is 5.47. The summed E-state index contributed by atoms with van der Waals surface area (Å²) >= 11 is 0. The van der Waals surface area contributed by atoms with E-state index in [1.54, 1.807) is 14.2 Å². The van der Waals surface area contributed by atoms with Gasteiger partial charge in [0.05, 0.1) is 27.4 Å². The highest BCUT2D eigenvalue weighted by molar-refractivity contribution is 5.38. The minimum absolute atomic E-state index is 0.138. The van der Waals surface area contributed by atoms with Gasteiger partial charge < -0.3 is 24.3 Å². The van der Waals surface area contributed by atoms with Crippen molar-refractivity contribution < 1.29 is 18.9 Å². The van der Waals surface area contributed by atoms with Crippen molar-refractivity contribution in [1.29, 1.82) is 0 Å². The van der Waals surface area contributed by atoms with Crippen LogP contribution in [0.3, 0.4) is 0 Å². The van der Waals surface area contributed by atoms with Crippen LogP contribution in [0, 0.1) is 0 Å². The number of hydrogen-bond acceptors (Lipinski definition) is 5. The van der Waals surface area contributed by atoms with Crippen LogP contribution in [-0.2, 0) is 16.0 Å². The molecule has 1 saturated heterocycles. The number of rotatable bonds is 6. The number of methoxy groups -OCH3 is 2. The minimum Gasteiger partial charge on any atom is -0.497 e. The van der Waals surface area contributed by atoms with Gasteiger partial charge in [0.25, 0.3) is 0 Å². The first-order valence-corrected chi connectivity index (χ1v) is 6.47. The number of nitrogens with one attached hydrogen (secondary N) is 1. The Labute approximate surface area is 113 Å². The Morgan fingerprint density at radius 1 is 1.11 bits per heavy atom. The lowest BCUT2D eigenvalue weighted by Gasteiger charge is -2.23. The largest absolute Gasteiger partial charge is 0.497 e. The molecule has 1 heterocycles. The monoisotopic (exact) mass is 267 g/mol. The van der Waals surface area contributed by atoms with Crippen molar-refractivity contribution in [2.45, 2.75) is 19.3 Å². The van der Waals surface area contributed by atoms with Crippen molar-refractivity contribution in [3.8, 4) is 11.5 Å². The van der Waals surface area contributed by atoms with Gasteiger partial charge in [0.1, 0.15) is 11.5 Å². The van der Waals surface area contributed by atoms with Gasteiger partial charge in [-0.1, -0.05) is 0 Å². The smallest absolute Gasteiger partial charge is 0.169 e. The Hall–Kier alpha value is -1.30. The molecule has 0 atom stereocenters.